The molecular weight excluding hydrogens is 195 g/mol. The first-order valence-corrected chi connectivity index (χ1v) is 3.99. The van der Waals surface area contributed by atoms with E-state index in [1.807, 2.05) is 0 Å². The molecule has 0 aromatic carbocycles. The Kier molecular flexibility index (Phi) is 1.64. The molecule has 0 atom stereocenters. The van der Waals surface area contributed by atoms with Crippen LogP contribution in [0.2, 0.25) is 0 Å². The van der Waals surface area contributed by atoms with Gasteiger partial charge in [-0.2, -0.15) is 18.3 Å². The van der Waals surface area contributed by atoms with E-state index >= 15 is 0 Å². The Bertz CT molecular complexity index is 443. The van der Waals surface area contributed by atoms with E-state index in [1.165, 1.54) is 4.68 Å². The van der Waals surface area contributed by atoms with Crippen molar-refractivity contribution in [2.24, 2.45) is 7.05 Å². The normalized spacial score (nSPS) is 12.6. The number of hydrogen-bond acceptors (Lipinski definition) is 1. The molecule has 0 aliphatic heterocycles. The fourth-order valence-corrected chi connectivity index (χ4v) is 1.46. The molecule has 6 heteroatoms. The van der Waals surface area contributed by atoms with Gasteiger partial charge in [0.15, 0.2) is 0 Å². The predicted molar refractivity (Wildman–Crippen MR) is 44.8 cm³/mol. The molecule has 76 valence electrons. The minimum Gasteiger partial charge on any atom is -0.336 e. The number of aryl methyl sites for hydroxylation is 2. The highest BCUT2D eigenvalue weighted by molar-refractivity contribution is 5.80. The second-order valence-corrected chi connectivity index (χ2v) is 3.15. The van der Waals surface area contributed by atoms with E-state index < -0.39 is 11.9 Å². The molecule has 0 saturated heterocycles. The molecule has 2 heterocycles. The molecule has 0 fully saturated rings. The molecule has 0 spiro atoms. The summed E-state index contributed by atoms with van der Waals surface area (Å²) < 4.78 is 38.3. The molecule has 2 aromatic heterocycles. The van der Waals surface area contributed by atoms with Crippen LogP contribution in [0.25, 0.3) is 11.0 Å². The van der Waals surface area contributed by atoms with Gasteiger partial charge in [0.1, 0.15) is 11.3 Å². The molecule has 0 aliphatic carbocycles. The Morgan fingerprint density at radius 2 is 2.07 bits per heavy atom. The molecule has 0 amide bonds. The van der Waals surface area contributed by atoms with Gasteiger partial charge in [-0.1, -0.05) is 0 Å². The minimum absolute atomic E-state index is 0.398. The molecule has 14 heavy (non-hydrogen) atoms. The quantitative estimate of drug-likeness (QED) is 0.699. The first-order valence-electron chi connectivity index (χ1n) is 3.99. The highest BCUT2D eigenvalue weighted by atomic mass is 19.4. The van der Waals surface area contributed by atoms with E-state index in [9.17, 15) is 13.2 Å². The number of nitrogens with one attached hydrogen (secondary N) is 1. The van der Waals surface area contributed by atoms with Gasteiger partial charge in [0.05, 0.1) is 5.69 Å². The summed E-state index contributed by atoms with van der Waals surface area (Å²) in [6.07, 6.45) is -4.33. The summed E-state index contributed by atoms with van der Waals surface area (Å²) in [5, 5.41) is 4.51. The third-order valence-electron chi connectivity index (χ3n) is 2.12. The Labute approximate surface area is 77.5 Å². The third kappa shape index (κ3) is 1.18. The van der Waals surface area contributed by atoms with Crippen LogP contribution in [0.5, 0.6) is 0 Å². The van der Waals surface area contributed by atoms with Crippen molar-refractivity contribution >= 4 is 11.0 Å². The summed E-state index contributed by atoms with van der Waals surface area (Å²) in [4.78, 5) is 2.30. The van der Waals surface area contributed by atoms with Crippen LogP contribution in [0, 0.1) is 6.92 Å². The number of aromatic nitrogens is 3. The molecule has 3 nitrogen and oxygen atoms in total. The maximum absolute atomic E-state index is 12.3. The highest BCUT2D eigenvalue weighted by Crippen LogP contribution is 2.31. The van der Waals surface area contributed by atoms with Crippen LogP contribution in [0.3, 0.4) is 0 Å². The largest absolute Gasteiger partial charge is 0.431 e. The van der Waals surface area contributed by atoms with Crippen molar-refractivity contribution in [1.29, 1.82) is 0 Å². The first kappa shape index (κ1) is 9.11. The van der Waals surface area contributed by atoms with Crippen LogP contribution in [-0.4, -0.2) is 14.8 Å². The Morgan fingerprint density at radius 3 is 2.57 bits per heavy atom. The zero-order valence-electron chi connectivity index (χ0n) is 7.61. The smallest absolute Gasteiger partial charge is 0.336 e. The monoisotopic (exact) mass is 203 g/mol. The van der Waals surface area contributed by atoms with Gasteiger partial charge >= 0.3 is 6.18 Å². The lowest BCUT2D eigenvalue weighted by Crippen LogP contribution is -2.05. The SMILES string of the molecule is Cc1nn(C)c2[nH]c(C(F)(F)F)cc12. The topological polar surface area (TPSA) is 33.6 Å². The third-order valence-corrected chi connectivity index (χ3v) is 2.12. The first-order chi connectivity index (χ1) is 6.39. The molecule has 0 unspecified atom stereocenters. The van der Waals surface area contributed by atoms with Gasteiger partial charge in [0.25, 0.3) is 0 Å². The number of rotatable bonds is 0. The lowest BCUT2D eigenvalue weighted by Gasteiger charge is -2.01. The van der Waals surface area contributed by atoms with Crippen LogP contribution >= 0.6 is 0 Å². The summed E-state index contributed by atoms with van der Waals surface area (Å²) >= 11 is 0. The fraction of sp³-hybridized carbons (Fsp3) is 0.375. The standard InChI is InChI=1S/C8H8F3N3/c1-4-5-3-6(8(9,10)11)12-7(5)14(2)13-4/h3,12H,1-2H3. The van der Waals surface area contributed by atoms with Crippen LogP contribution in [0.15, 0.2) is 6.07 Å². The molecular formula is C8H8F3N3. The average Bonchev–Trinajstić information content (AvgIpc) is 2.53. The zero-order chi connectivity index (χ0) is 10.5. The number of aromatic amines is 1. The van der Waals surface area contributed by atoms with Crippen molar-refractivity contribution in [2.75, 3.05) is 0 Å². The van der Waals surface area contributed by atoms with Crippen molar-refractivity contribution in [3.63, 3.8) is 0 Å². The lowest BCUT2D eigenvalue weighted by molar-refractivity contribution is -0.140. The van der Waals surface area contributed by atoms with E-state index in [0.29, 0.717) is 16.7 Å². The summed E-state index contributed by atoms with van der Waals surface area (Å²) in [5.41, 5.74) is 0.257. The number of halogens is 3. The predicted octanol–water partition coefficient (Wildman–Crippen LogP) is 2.23. The molecule has 0 saturated carbocycles. The number of nitrogens with zero attached hydrogens (tertiary/aromatic N) is 2. The van der Waals surface area contributed by atoms with Crippen molar-refractivity contribution in [3.8, 4) is 0 Å². The highest BCUT2D eigenvalue weighted by Gasteiger charge is 2.33. The molecule has 0 aliphatic rings. The van der Waals surface area contributed by atoms with Crippen LogP contribution in [-0.2, 0) is 13.2 Å². The number of H-pyrrole nitrogens is 1. The van der Waals surface area contributed by atoms with E-state index in [-0.39, 0.29) is 0 Å². The lowest BCUT2D eigenvalue weighted by atomic mass is 10.3. The zero-order valence-corrected chi connectivity index (χ0v) is 7.61. The number of hydrogen-bond donors (Lipinski definition) is 1. The Hall–Kier alpha value is -1.46. The number of fused-ring (bicyclic) bond motifs is 1. The second-order valence-electron chi connectivity index (χ2n) is 3.15. The van der Waals surface area contributed by atoms with Crippen molar-refractivity contribution in [2.45, 2.75) is 13.1 Å². The average molecular weight is 203 g/mol. The Morgan fingerprint density at radius 1 is 1.43 bits per heavy atom. The second kappa shape index (κ2) is 2.52. The fourth-order valence-electron chi connectivity index (χ4n) is 1.46. The van der Waals surface area contributed by atoms with Gasteiger partial charge in [-0.3, -0.25) is 4.68 Å². The van der Waals surface area contributed by atoms with Crippen LogP contribution < -0.4 is 0 Å². The van der Waals surface area contributed by atoms with Crippen molar-refractivity contribution in [1.82, 2.24) is 14.8 Å². The van der Waals surface area contributed by atoms with Crippen LogP contribution in [0.4, 0.5) is 13.2 Å². The van der Waals surface area contributed by atoms with E-state index in [4.69, 9.17) is 0 Å². The van der Waals surface area contributed by atoms with Gasteiger partial charge in [0, 0.05) is 12.4 Å². The minimum atomic E-state index is -4.33. The molecule has 0 bridgehead atoms. The van der Waals surface area contributed by atoms with Gasteiger partial charge in [-0.25, -0.2) is 0 Å². The molecule has 2 rings (SSSR count). The van der Waals surface area contributed by atoms with Gasteiger partial charge < -0.3 is 4.98 Å². The van der Waals surface area contributed by atoms with E-state index in [0.717, 1.165) is 6.07 Å². The van der Waals surface area contributed by atoms with Gasteiger partial charge in [-0.05, 0) is 13.0 Å². The van der Waals surface area contributed by atoms with E-state index in [2.05, 4.69) is 10.1 Å². The molecule has 0 radical (unpaired) electrons. The Balaban J connectivity index is 2.69. The summed E-state index contributed by atoms with van der Waals surface area (Å²) in [6, 6.07) is 1.08. The van der Waals surface area contributed by atoms with Crippen molar-refractivity contribution in [3.05, 3.63) is 17.5 Å². The summed E-state index contributed by atoms with van der Waals surface area (Å²) in [5.74, 6) is 0. The van der Waals surface area contributed by atoms with Gasteiger partial charge in [0.2, 0.25) is 0 Å². The molecule has 2 aromatic rings. The number of alkyl halides is 3. The maximum atomic E-state index is 12.3. The summed E-state index contributed by atoms with van der Waals surface area (Å²) in [7, 11) is 1.60. The summed E-state index contributed by atoms with van der Waals surface area (Å²) in [6.45, 7) is 1.68. The molecule has 1 N–H and O–H groups in total. The van der Waals surface area contributed by atoms with Crippen molar-refractivity contribution < 1.29 is 13.2 Å². The van der Waals surface area contributed by atoms with Crippen LogP contribution in [0.1, 0.15) is 11.4 Å². The maximum Gasteiger partial charge on any atom is 0.431 e. The van der Waals surface area contributed by atoms with Gasteiger partial charge in [-0.15, -0.1) is 0 Å². The van der Waals surface area contributed by atoms with E-state index in [1.54, 1.807) is 14.0 Å².